The number of aromatic nitrogens is 2. The van der Waals surface area contributed by atoms with Crippen LogP contribution >= 0.6 is 0 Å². The highest BCUT2D eigenvalue weighted by molar-refractivity contribution is 5.38. The number of anilines is 1. The SMILES string of the molecule is FC1(F)CCN(Cc2ccco2)C[C@@]12CCN(c1cnccn1)C2. The van der Waals surface area contributed by atoms with Gasteiger partial charge >= 0.3 is 0 Å². The second-order valence-corrected chi connectivity index (χ2v) is 6.76. The second kappa shape index (κ2) is 5.81. The van der Waals surface area contributed by atoms with E-state index in [0.717, 1.165) is 5.76 Å². The zero-order chi connectivity index (χ0) is 16.6. The first-order valence-corrected chi connectivity index (χ1v) is 8.22. The predicted molar refractivity (Wildman–Crippen MR) is 84.8 cm³/mol. The summed E-state index contributed by atoms with van der Waals surface area (Å²) in [7, 11) is 0. The Bertz CT molecular complexity index is 679. The topological polar surface area (TPSA) is 45.4 Å². The van der Waals surface area contributed by atoms with E-state index in [4.69, 9.17) is 4.42 Å². The zero-order valence-corrected chi connectivity index (χ0v) is 13.4. The van der Waals surface area contributed by atoms with E-state index < -0.39 is 11.3 Å². The average Bonchev–Trinajstić information content (AvgIpc) is 3.23. The standard InChI is InChI=1S/C17H20F2N4O/c18-17(19)4-7-22(11-14-2-1-9-24-14)12-16(17)3-8-23(13-16)15-10-20-5-6-21-15/h1-2,5-6,9-10H,3-4,7-8,11-13H2/t16-/m1/s1. The molecule has 7 heteroatoms. The molecule has 2 aliphatic rings. The van der Waals surface area contributed by atoms with Crippen molar-refractivity contribution >= 4 is 5.82 Å². The summed E-state index contributed by atoms with van der Waals surface area (Å²) in [6.45, 7) is 2.24. The maximum Gasteiger partial charge on any atom is 0.257 e. The first-order chi connectivity index (χ1) is 11.6. The molecule has 0 aliphatic carbocycles. The van der Waals surface area contributed by atoms with E-state index in [1.807, 2.05) is 17.0 Å². The van der Waals surface area contributed by atoms with E-state index in [-0.39, 0.29) is 6.42 Å². The molecule has 2 aromatic heterocycles. The number of alkyl halides is 2. The van der Waals surface area contributed by atoms with Crippen molar-refractivity contribution in [3.05, 3.63) is 42.7 Å². The number of piperidine rings is 1. The number of rotatable bonds is 3. The Morgan fingerprint density at radius 2 is 2.08 bits per heavy atom. The Labute approximate surface area is 139 Å². The third kappa shape index (κ3) is 2.66. The quantitative estimate of drug-likeness (QED) is 0.864. The fraction of sp³-hybridized carbons (Fsp3) is 0.529. The van der Waals surface area contributed by atoms with Crippen LogP contribution in [0.3, 0.4) is 0 Å². The summed E-state index contributed by atoms with van der Waals surface area (Å²) in [6, 6.07) is 3.72. The Morgan fingerprint density at radius 1 is 1.17 bits per heavy atom. The van der Waals surface area contributed by atoms with Crippen molar-refractivity contribution in [2.24, 2.45) is 5.41 Å². The number of hydrogen-bond acceptors (Lipinski definition) is 5. The van der Waals surface area contributed by atoms with Crippen LogP contribution in [0, 0.1) is 5.41 Å². The lowest BCUT2D eigenvalue weighted by Gasteiger charge is -2.45. The highest BCUT2D eigenvalue weighted by Gasteiger charge is 2.59. The molecular formula is C17H20F2N4O. The molecule has 0 amide bonds. The second-order valence-electron chi connectivity index (χ2n) is 6.76. The smallest absolute Gasteiger partial charge is 0.257 e. The monoisotopic (exact) mass is 334 g/mol. The minimum absolute atomic E-state index is 0.109. The minimum atomic E-state index is -2.66. The number of hydrogen-bond donors (Lipinski definition) is 0. The number of halogens is 2. The van der Waals surface area contributed by atoms with Gasteiger partial charge in [-0.25, -0.2) is 13.8 Å². The summed E-state index contributed by atoms with van der Waals surface area (Å²) in [4.78, 5) is 12.3. The fourth-order valence-corrected chi connectivity index (χ4v) is 3.89. The highest BCUT2D eigenvalue weighted by Crippen LogP contribution is 2.50. The summed E-state index contributed by atoms with van der Waals surface area (Å²) in [5, 5.41) is 0. The molecule has 1 spiro atoms. The number of nitrogens with zero attached hydrogens (tertiary/aromatic N) is 4. The van der Waals surface area contributed by atoms with Gasteiger partial charge in [-0.15, -0.1) is 0 Å². The zero-order valence-electron chi connectivity index (χ0n) is 13.4. The fourth-order valence-electron chi connectivity index (χ4n) is 3.89. The van der Waals surface area contributed by atoms with E-state index >= 15 is 0 Å². The van der Waals surface area contributed by atoms with Gasteiger partial charge < -0.3 is 9.32 Å². The highest BCUT2D eigenvalue weighted by atomic mass is 19.3. The normalized spacial score (nSPS) is 27.0. The first-order valence-electron chi connectivity index (χ1n) is 8.22. The van der Waals surface area contributed by atoms with Crippen molar-refractivity contribution in [3.63, 3.8) is 0 Å². The van der Waals surface area contributed by atoms with Gasteiger partial charge in [0.25, 0.3) is 5.92 Å². The van der Waals surface area contributed by atoms with Crippen molar-refractivity contribution in [2.75, 3.05) is 31.1 Å². The summed E-state index contributed by atoms with van der Waals surface area (Å²) >= 11 is 0. The average molecular weight is 334 g/mol. The molecule has 2 aromatic rings. The molecule has 4 rings (SSSR count). The predicted octanol–water partition coefficient (Wildman–Crippen LogP) is 2.81. The van der Waals surface area contributed by atoms with Crippen molar-refractivity contribution < 1.29 is 13.2 Å². The Morgan fingerprint density at radius 3 is 2.83 bits per heavy atom. The molecule has 0 bridgehead atoms. The molecule has 128 valence electrons. The summed E-state index contributed by atoms with van der Waals surface area (Å²) < 4.78 is 35.0. The lowest BCUT2D eigenvalue weighted by Crippen LogP contribution is -2.56. The molecule has 2 aliphatic heterocycles. The first kappa shape index (κ1) is 15.5. The third-order valence-corrected chi connectivity index (χ3v) is 5.23. The van der Waals surface area contributed by atoms with E-state index in [2.05, 4.69) is 14.9 Å². The van der Waals surface area contributed by atoms with E-state index in [0.29, 0.717) is 45.0 Å². The van der Waals surface area contributed by atoms with E-state index in [1.54, 1.807) is 24.9 Å². The van der Waals surface area contributed by atoms with Crippen LogP contribution in [0.4, 0.5) is 14.6 Å². The lowest BCUT2D eigenvalue weighted by atomic mass is 9.75. The van der Waals surface area contributed by atoms with Crippen LogP contribution < -0.4 is 4.90 Å². The Hall–Kier alpha value is -2.02. The molecule has 2 fully saturated rings. The molecule has 0 N–H and O–H groups in total. The van der Waals surface area contributed by atoms with Gasteiger partial charge in [0.2, 0.25) is 0 Å². The molecule has 0 aromatic carbocycles. The maximum absolute atomic E-state index is 14.8. The van der Waals surface area contributed by atoms with E-state index in [1.165, 1.54) is 0 Å². The molecule has 4 heterocycles. The molecule has 5 nitrogen and oxygen atoms in total. The van der Waals surface area contributed by atoms with Crippen LogP contribution in [0.25, 0.3) is 0 Å². The molecule has 0 unspecified atom stereocenters. The van der Waals surface area contributed by atoms with Crippen LogP contribution in [0.1, 0.15) is 18.6 Å². The van der Waals surface area contributed by atoms with Gasteiger partial charge in [0, 0.05) is 45.0 Å². The molecule has 24 heavy (non-hydrogen) atoms. The minimum Gasteiger partial charge on any atom is -0.468 e. The van der Waals surface area contributed by atoms with Gasteiger partial charge in [-0.2, -0.15) is 0 Å². The molecule has 2 saturated heterocycles. The van der Waals surface area contributed by atoms with E-state index in [9.17, 15) is 8.78 Å². The third-order valence-electron chi connectivity index (χ3n) is 5.23. The van der Waals surface area contributed by atoms with Crippen molar-refractivity contribution in [2.45, 2.75) is 25.3 Å². The summed E-state index contributed by atoms with van der Waals surface area (Å²) in [5.74, 6) is -1.17. The van der Waals surface area contributed by atoms with Gasteiger partial charge in [-0.05, 0) is 18.6 Å². The van der Waals surface area contributed by atoms with Crippen LogP contribution in [0.15, 0.2) is 41.4 Å². The van der Waals surface area contributed by atoms with Crippen LogP contribution in [0.2, 0.25) is 0 Å². The number of likely N-dealkylation sites (tertiary alicyclic amines) is 1. The maximum atomic E-state index is 14.8. The van der Waals surface area contributed by atoms with Crippen molar-refractivity contribution in [1.82, 2.24) is 14.9 Å². The van der Waals surface area contributed by atoms with Crippen LogP contribution in [-0.4, -0.2) is 47.0 Å². The lowest BCUT2D eigenvalue weighted by molar-refractivity contribution is -0.159. The summed E-state index contributed by atoms with van der Waals surface area (Å²) in [5.41, 5.74) is -1.03. The molecule has 0 saturated carbocycles. The van der Waals surface area contributed by atoms with Gasteiger partial charge in [0.1, 0.15) is 11.6 Å². The number of furan rings is 1. The largest absolute Gasteiger partial charge is 0.468 e. The molecular weight excluding hydrogens is 314 g/mol. The Balaban J connectivity index is 1.53. The van der Waals surface area contributed by atoms with Gasteiger partial charge in [-0.3, -0.25) is 9.88 Å². The Kier molecular flexibility index (Phi) is 3.75. The molecule has 1 atom stereocenters. The van der Waals surface area contributed by atoms with Gasteiger partial charge in [0.05, 0.1) is 24.4 Å². The molecule has 0 radical (unpaired) electrons. The van der Waals surface area contributed by atoms with Crippen LogP contribution in [0.5, 0.6) is 0 Å². The van der Waals surface area contributed by atoms with Crippen molar-refractivity contribution in [3.8, 4) is 0 Å². The van der Waals surface area contributed by atoms with Gasteiger partial charge in [-0.1, -0.05) is 0 Å². The van der Waals surface area contributed by atoms with Crippen molar-refractivity contribution in [1.29, 1.82) is 0 Å². The summed E-state index contributed by atoms with van der Waals surface area (Å²) in [6.07, 6.45) is 6.81. The van der Waals surface area contributed by atoms with Crippen LogP contribution in [-0.2, 0) is 6.54 Å². The van der Waals surface area contributed by atoms with Gasteiger partial charge in [0.15, 0.2) is 0 Å².